The van der Waals surface area contributed by atoms with Crippen LogP contribution in [0.5, 0.6) is 0 Å². The molecule has 0 spiro atoms. The van der Waals surface area contributed by atoms with Gasteiger partial charge in [-0.25, -0.2) is 0 Å². The SMILES string of the molecule is C=CCNC(N)=NCCCc1cnn(C)c1.I. The van der Waals surface area contributed by atoms with E-state index in [1.54, 1.807) is 10.8 Å². The van der Waals surface area contributed by atoms with Gasteiger partial charge in [0, 0.05) is 26.3 Å². The first-order valence-corrected chi connectivity index (χ1v) is 5.34. The van der Waals surface area contributed by atoms with Crippen molar-refractivity contribution in [1.82, 2.24) is 15.1 Å². The van der Waals surface area contributed by atoms with Gasteiger partial charge in [-0.05, 0) is 18.4 Å². The predicted molar refractivity (Wildman–Crippen MR) is 81.6 cm³/mol. The zero-order valence-corrected chi connectivity index (χ0v) is 12.4. The zero-order chi connectivity index (χ0) is 11.8. The first kappa shape index (κ1) is 16.0. The van der Waals surface area contributed by atoms with Crippen LogP contribution in [0, 0.1) is 0 Å². The average molecular weight is 349 g/mol. The Morgan fingerprint density at radius 2 is 2.47 bits per heavy atom. The van der Waals surface area contributed by atoms with Crippen LogP contribution in [0.3, 0.4) is 0 Å². The first-order chi connectivity index (χ1) is 7.72. The maximum absolute atomic E-state index is 5.62. The molecule has 0 amide bonds. The van der Waals surface area contributed by atoms with Crippen LogP contribution in [0.4, 0.5) is 0 Å². The van der Waals surface area contributed by atoms with E-state index >= 15 is 0 Å². The molecule has 0 bridgehead atoms. The fraction of sp³-hybridized carbons (Fsp3) is 0.455. The number of hydrogen-bond acceptors (Lipinski definition) is 2. The second-order valence-electron chi connectivity index (χ2n) is 3.56. The Kier molecular flexibility index (Phi) is 8.47. The smallest absolute Gasteiger partial charge is 0.188 e. The Bertz CT molecular complexity index is 358. The third-order valence-corrected chi connectivity index (χ3v) is 2.09. The van der Waals surface area contributed by atoms with Gasteiger partial charge in [0.25, 0.3) is 0 Å². The van der Waals surface area contributed by atoms with E-state index in [2.05, 4.69) is 22.0 Å². The van der Waals surface area contributed by atoms with Crippen LogP contribution in [-0.4, -0.2) is 28.8 Å². The van der Waals surface area contributed by atoms with Crippen molar-refractivity contribution in [1.29, 1.82) is 0 Å². The van der Waals surface area contributed by atoms with E-state index in [1.807, 2.05) is 19.4 Å². The number of nitrogens with one attached hydrogen (secondary N) is 1. The normalized spacial score (nSPS) is 10.8. The van der Waals surface area contributed by atoms with E-state index in [0.717, 1.165) is 19.4 Å². The van der Waals surface area contributed by atoms with Gasteiger partial charge in [-0.1, -0.05) is 6.08 Å². The Hall–Kier alpha value is -1.05. The Morgan fingerprint density at radius 1 is 1.71 bits per heavy atom. The van der Waals surface area contributed by atoms with Gasteiger partial charge < -0.3 is 11.1 Å². The number of halogens is 1. The predicted octanol–water partition coefficient (Wildman–Crippen LogP) is 1.06. The first-order valence-electron chi connectivity index (χ1n) is 5.34. The maximum atomic E-state index is 5.62. The molecule has 0 saturated carbocycles. The Labute approximate surface area is 119 Å². The molecule has 0 aromatic carbocycles. The van der Waals surface area contributed by atoms with E-state index in [0.29, 0.717) is 12.5 Å². The summed E-state index contributed by atoms with van der Waals surface area (Å²) >= 11 is 0. The number of nitrogens with zero attached hydrogens (tertiary/aromatic N) is 3. The summed E-state index contributed by atoms with van der Waals surface area (Å²) in [6, 6.07) is 0. The van der Waals surface area contributed by atoms with E-state index in [-0.39, 0.29) is 24.0 Å². The molecule has 1 heterocycles. The zero-order valence-electron chi connectivity index (χ0n) is 10.1. The molecule has 0 aliphatic carbocycles. The molecule has 0 aliphatic heterocycles. The number of guanidine groups is 1. The number of aliphatic imine (C=N–C) groups is 1. The van der Waals surface area contributed by atoms with Crippen molar-refractivity contribution in [3.8, 4) is 0 Å². The highest BCUT2D eigenvalue weighted by atomic mass is 127. The number of aromatic nitrogens is 2. The van der Waals surface area contributed by atoms with Gasteiger partial charge in [-0.2, -0.15) is 5.10 Å². The van der Waals surface area contributed by atoms with Crippen LogP contribution in [0.25, 0.3) is 0 Å². The third kappa shape index (κ3) is 6.98. The second kappa shape index (κ2) is 9.03. The van der Waals surface area contributed by atoms with Gasteiger partial charge >= 0.3 is 0 Å². The molecular formula is C11H20IN5. The van der Waals surface area contributed by atoms with Crippen LogP contribution < -0.4 is 11.1 Å². The fourth-order valence-corrected chi connectivity index (χ4v) is 1.32. The van der Waals surface area contributed by atoms with Gasteiger partial charge in [-0.15, -0.1) is 30.6 Å². The molecule has 0 atom stereocenters. The van der Waals surface area contributed by atoms with Gasteiger partial charge in [0.2, 0.25) is 0 Å². The molecule has 1 rings (SSSR count). The summed E-state index contributed by atoms with van der Waals surface area (Å²) in [7, 11) is 1.92. The van der Waals surface area contributed by atoms with Gasteiger partial charge in [-0.3, -0.25) is 9.67 Å². The molecule has 0 unspecified atom stereocenters. The molecule has 1 aromatic heterocycles. The second-order valence-corrected chi connectivity index (χ2v) is 3.56. The molecule has 96 valence electrons. The van der Waals surface area contributed by atoms with Crippen LogP contribution in [0.1, 0.15) is 12.0 Å². The van der Waals surface area contributed by atoms with Crippen molar-refractivity contribution >= 4 is 29.9 Å². The molecule has 17 heavy (non-hydrogen) atoms. The fourth-order valence-electron chi connectivity index (χ4n) is 1.32. The standard InChI is InChI=1S/C11H19N5.HI/c1-3-6-13-11(12)14-7-4-5-10-8-15-16(2)9-10;/h3,8-9H,1,4-7H2,2H3,(H3,12,13,14);1H. The summed E-state index contributed by atoms with van der Waals surface area (Å²) in [5.74, 6) is 0.478. The third-order valence-electron chi connectivity index (χ3n) is 2.09. The van der Waals surface area contributed by atoms with Gasteiger partial charge in [0.05, 0.1) is 6.20 Å². The minimum atomic E-state index is 0. The van der Waals surface area contributed by atoms with Crippen molar-refractivity contribution in [3.05, 3.63) is 30.6 Å². The molecule has 1 aromatic rings. The van der Waals surface area contributed by atoms with Gasteiger partial charge in [0.1, 0.15) is 0 Å². The minimum absolute atomic E-state index is 0. The summed E-state index contributed by atoms with van der Waals surface area (Å²) in [6.45, 7) is 4.97. The molecule has 0 fully saturated rings. The van der Waals surface area contributed by atoms with Crippen LogP contribution in [0.15, 0.2) is 30.0 Å². The topological polar surface area (TPSA) is 68.2 Å². The number of rotatable bonds is 6. The largest absolute Gasteiger partial charge is 0.370 e. The van der Waals surface area contributed by atoms with Crippen LogP contribution in [-0.2, 0) is 13.5 Å². The molecule has 0 radical (unpaired) electrons. The lowest BCUT2D eigenvalue weighted by Gasteiger charge is -2.01. The van der Waals surface area contributed by atoms with E-state index in [9.17, 15) is 0 Å². The summed E-state index contributed by atoms with van der Waals surface area (Å²) in [5, 5.41) is 7.03. The highest BCUT2D eigenvalue weighted by Crippen LogP contribution is 2.00. The summed E-state index contributed by atoms with van der Waals surface area (Å²) in [5.41, 5.74) is 6.85. The number of aryl methyl sites for hydroxylation is 2. The lowest BCUT2D eigenvalue weighted by atomic mass is 10.2. The lowest BCUT2D eigenvalue weighted by molar-refractivity contribution is 0.765. The van der Waals surface area contributed by atoms with Crippen molar-refractivity contribution in [2.24, 2.45) is 17.8 Å². The minimum Gasteiger partial charge on any atom is -0.370 e. The van der Waals surface area contributed by atoms with Crippen molar-refractivity contribution in [3.63, 3.8) is 0 Å². The monoisotopic (exact) mass is 349 g/mol. The van der Waals surface area contributed by atoms with Gasteiger partial charge in [0.15, 0.2) is 5.96 Å². The van der Waals surface area contributed by atoms with Crippen LogP contribution >= 0.6 is 24.0 Å². The van der Waals surface area contributed by atoms with E-state index in [4.69, 9.17) is 5.73 Å². The molecule has 5 nitrogen and oxygen atoms in total. The average Bonchev–Trinajstić information content (AvgIpc) is 2.67. The Balaban J connectivity index is 0.00000256. The van der Waals surface area contributed by atoms with Crippen molar-refractivity contribution in [2.45, 2.75) is 12.8 Å². The summed E-state index contributed by atoms with van der Waals surface area (Å²) < 4.78 is 1.80. The molecule has 6 heteroatoms. The molecule has 0 saturated heterocycles. The molecular weight excluding hydrogens is 329 g/mol. The van der Waals surface area contributed by atoms with Crippen molar-refractivity contribution in [2.75, 3.05) is 13.1 Å². The quantitative estimate of drug-likeness (QED) is 0.265. The number of hydrogen-bond donors (Lipinski definition) is 2. The van der Waals surface area contributed by atoms with E-state index in [1.165, 1.54) is 5.56 Å². The summed E-state index contributed by atoms with van der Waals surface area (Å²) in [6.07, 6.45) is 7.60. The number of nitrogens with two attached hydrogens (primary N) is 1. The van der Waals surface area contributed by atoms with Crippen LogP contribution in [0.2, 0.25) is 0 Å². The van der Waals surface area contributed by atoms with E-state index < -0.39 is 0 Å². The highest BCUT2D eigenvalue weighted by molar-refractivity contribution is 14.0. The Morgan fingerprint density at radius 3 is 3.06 bits per heavy atom. The van der Waals surface area contributed by atoms with Crippen molar-refractivity contribution < 1.29 is 0 Å². The highest BCUT2D eigenvalue weighted by Gasteiger charge is 1.95. The molecule has 3 N–H and O–H groups in total. The maximum Gasteiger partial charge on any atom is 0.188 e. The lowest BCUT2D eigenvalue weighted by Crippen LogP contribution is -2.31. The molecule has 0 aliphatic rings. The summed E-state index contributed by atoms with van der Waals surface area (Å²) in [4.78, 5) is 4.19.